The lowest BCUT2D eigenvalue weighted by Gasteiger charge is -2.17. The summed E-state index contributed by atoms with van der Waals surface area (Å²) in [7, 11) is 0. The minimum absolute atomic E-state index is 0.00766. The van der Waals surface area contributed by atoms with Crippen molar-refractivity contribution in [1.82, 2.24) is 4.98 Å². The van der Waals surface area contributed by atoms with Crippen LogP contribution in [0, 0.1) is 30.2 Å². The molecule has 2 aromatic carbocycles. The van der Waals surface area contributed by atoms with Gasteiger partial charge in [0.25, 0.3) is 5.56 Å². The maximum atomic E-state index is 14.3. The molecule has 0 saturated carbocycles. The highest BCUT2D eigenvalue weighted by Crippen LogP contribution is 2.37. The number of aromatic nitrogens is 1. The monoisotopic (exact) mass is 440 g/mol. The number of hydrogen-bond donors (Lipinski definition) is 2. The molecular weight excluding hydrogens is 428 g/mol. The van der Waals surface area contributed by atoms with E-state index in [0.717, 1.165) is 24.3 Å². The molecule has 0 unspecified atom stereocenters. The Labute approximate surface area is 160 Å². The Morgan fingerprint density at radius 2 is 1.67 bits per heavy atom. The fraction of sp³-hybridized carbons (Fsp3) is 0.105. The van der Waals surface area contributed by atoms with Gasteiger partial charge >= 0.3 is 0 Å². The smallest absolute Gasteiger partial charge is 0.264 e. The first kappa shape index (κ1) is 19.2. The Kier molecular flexibility index (Phi) is 5.36. The van der Waals surface area contributed by atoms with Crippen molar-refractivity contribution in [2.24, 2.45) is 0 Å². The molecule has 0 aliphatic carbocycles. The molecule has 3 nitrogen and oxygen atoms in total. The Balaban J connectivity index is 2.13. The van der Waals surface area contributed by atoms with Gasteiger partial charge in [-0.2, -0.15) is 0 Å². The number of hydrogen-bond acceptors (Lipinski definition) is 2. The fourth-order valence-corrected chi connectivity index (χ4v) is 3.20. The number of rotatable bonds is 4. The molecular formula is C19H13BrF4N2O. The van der Waals surface area contributed by atoms with Crippen LogP contribution in [0.4, 0.5) is 23.2 Å². The first-order chi connectivity index (χ1) is 12.8. The fourth-order valence-electron chi connectivity index (χ4n) is 2.76. The molecule has 2 N–H and O–H groups in total. The van der Waals surface area contributed by atoms with Crippen molar-refractivity contribution >= 4 is 21.6 Å². The molecule has 0 atom stereocenters. The highest BCUT2D eigenvalue weighted by atomic mass is 79.9. The molecule has 27 heavy (non-hydrogen) atoms. The number of aromatic amines is 1. The van der Waals surface area contributed by atoms with E-state index in [1.807, 2.05) is 0 Å². The second-order valence-electron chi connectivity index (χ2n) is 5.83. The van der Waals surface area contributed by atoms with Gasteiger partial charge in [0.05, 0.1) is 11.3 Å². The van der Waals surface area contributed by atoms with Gasteiger partial charge in [0.15, 0.2) is 0 Å². The molecule has 0 saturated heterocycles. The molecule has 0 amide bonds. The molecule has 1 heterocycles. The molecule has 3 rings (SSSR count). The van der Waals surface area contributed by atoms with E-state index in [-0.39, 0.29) is 39.1 Å². The van der Waals surface area contributed by atoms with Crippen LogP contribution in [0.25, 0.3) is 11.1 Å². The van der Waals surface area contributed by atoms with E-state index in [4.69, 9.17) is 0 Å². The SMILES string of the molecule is Cc1[nH]c(=O)c(Br)c(NCc2ccc(F)cc2F)c1-c1c(F)cccc1F. The van der Waals surface area contributed by atoms with Crippen LogP contribution in [0.15, 0.2) is 45.7 Å². The van der Waals surface area contributed by atoms with Crippen LogP contribution in [0.3, 0.4) is 0 Å². The molecule has 0 aliphatic rings. The third-order valence-corrected chi connectivity index (χ3v) is 4.78. The number of aryl methyl sites for hydroxylation is 1. The van der Waals surface area contributed by atoms with Gasteiger partial charge in [-0.1, -0.05) is 12.1 Å². The second-order valence-corrected chi connectivity index (χ2v) is 6.62. The van der Waals surface area contributed by atoms with Gasteiger partial charge in [0, 0.05) is 29.4 Å². The number of H-pyrrole nitrogens is 1. The average Bonchev–Trinajstić information content (AvgIpc) is 2.59. The summed E-state index contributed by atoms with van der Waals surface area (Å²) >= 11 is 3.11. The molecule has 0 radical (unpaired) electrons. The van der Waals surface area contributed by atoms with Crippen molar-refractivity contribution in [2.45, 2.75) is 13.5 Å². The average molecular weight is 441 g/mol. The Morgan fingerprint density at radius 3 is 2.30 bits per heavy atom. The van der Waals surface area contributed by atoms with Crippen molar-refractivity contribution in [3.05, 3.63) is 85.8 Å². The van der Waals surface area contributed by atoms with Crippen molar-refractivity contribution in [3.8, 4) is 11.1 Å². The summed E-state index contributed by atoms with van der Waals surface area (Å²) in [5, 5.41) is 2.83. The van der Waals surface area contributed by atoms with Crippen molar-refractivity contribution in [1.29, 1.82) is 0 Å². The Hall–Kier alpha value is -2.61. The van der Waals surface area contributed by atoms with Crippen LogP contribution < -0.4 is 10.9 Å². The van der Waals surface area contributed by atoms with Gasteiger partial charge in [0.1, 0.15) is 27.7 Å². The van der Waals surface area contributed by atoms with Crippen LogP contribution in [-0.2, 0) is 6.54 Å². The zero-order chi connectivity index (χ0) is 19.7. The van der Waals surface area contributed by atoms with Crippen LogP contribution >= 0.6 is 15.9 Å². The first-order valence-electron chi connectivity index (χ1n) is 7.84. The number of pyridine rings is 1. The molecule has 3 aromatic rings. The van der Waals surface area contributed by atoms with Crippen molar-refractivity contribution < 1.29 is 17.6 Å². The van der Waals surface area contributed by atoms with Crippen LogP contribution in [-0.4, -0.2) is 4.98 Å². The van der Waals surface area contributed by atoms with E-state index in [9.17, 15) is 22.4 Å². The van der Waals surface area contributed by atoms with Crippen LogP contribution in [0.1, 0.15) is 11.3 Å². The summed E-state index contributed by atoms with van der Waals surface area (Å²) < 4.78 is 55.6. The maximum absolute atomic E-state index is 14.3. The van der Waals surface area contributed by atoms with Gasteiger partial charge in [-0.25, -0.2) is 17.6 Å². The highest BCUT2D eigenvalue weighted by Gasteiger charge is 2.21. The standard InChI is InChI=1S/C19H13BrF4N2O/c1-9-15(16-12(22)3-2-4-13(16)23)18(17(20)19(27)26-9)25-8-10-5-6-11(21)7-14(10)24/h2-7H,8H2,1H3,(H2,25,26,27). The lowest BCUT2D eigenvalue weighted by Crippen LogP contribution is -2.15. The molecule has 0 fully saturated rings. The van der Waals surface area contributed by atoms with E-state index in [0.29, 0.717) is 0 Å². The minimum atomic E-state index is -0.812. The van der Waals surface area contributed by atoms with E-state index >= 15 is 0 Å². The number of benzene rings is 2. The molecule has 0 aliphatic heterocycles. The zero-order valence-corrected chi connectivity index (χ0v) is 15.6. The third kappa shape index (κ3) is 3.75. The van der Waals surface area contributed by atoms with Crippen LogP contribution in [0.5, 0.6) is 0 Å². The lowest BCUT2D eigenvalue weighted by molar-refractivity contribution is 0.574. The Morgan fingerprint density at radius 1 is 1.00 bits per heavy atom. The molecule has 140 valence electrons. The van der Waals surface area contributed by atoms with E-state index in [1.165, 1.54) is 19.1 Å². The number of anilines is 1. The van der Waals surface area contributed by atoms with E-state index in [2.05, 4.69) is 26.2 Å². The zero-order valence-electron chi connectivity index (χ0n) is 14.0. The first-order valence-corrected chi connectivity index (χ1v) is 8.63. The predicted molar refractivity (Wildman–Crippen MR) is 98.5 cm³/mol. The largest absolute Gasteiger partial charge is 0.379 e. The topological polar surface area (TPSA) is 44.9 Å². The summed E-state index contributed by atoms with van der Waals surface area (Å²) in [6.45, 7) is 1.37. The molecule has 8 heteroatoms. The van der Waals surface area contributed by atoms with Gasteiger partial charge in [0.2, 0.25) is 0 Å². The minimum Gasteiger partial charge on any atom is -0.379 e. The van der Waals surface area contributed by atoms with Crippen molar-refractivity contribution in [2.75, 3.05) is 5.32 Å². The highest BCUT2D eigenvalue weighted by molar-refractivity contribution is 9.10. The quantitative estimate of drug-likeness (QED) is 0.542. The second kappa shape index (κ2) is 7.56. The van der Waals surface area contributed by atoms with Crippen LogP contribution in [0.2, 0.25) is 0 Å². The lowest BCUT2D eigenvalue weighted by atomic mass is 10.0. The van der Waals surface area contributed by atoms with Crippen molar-refractivity contribution in [3.63, 3.8) is 0 Å². The van der Waals surface area contributed by atoms with E-state index in [1.54, 1.807) is 0 Å². The Bertz CT molecular complexity index is 1060. The van der Waals surface area contributed by atoms with Gasteiger partial charge in [-0.05, 0) is 41.1 Å². The van der Waals surface area contributed by atoms with Gasteiger partial charge in [-0.3, -0.25) is 4.79 Å². The molecule has 0 spiro atoms. The van der Waals surface area contributed by atoms with Gasteiger partial charge in [-0.15, -0.1) is 0 Å². The summed E-state index contributed by atoms with van der Waals surface area (Å²) in [5.41, 5.74) is -0.289. The predicted octanol–water partition coefficient (Wildman–Crippen LogP) is 5.28. The summed E-state index contributed by atoms with van der Waals surface area (Å²) in [5.74, 6) is -3.13. The molecule has 1 aromatic heterocycles. The number of nitrogens with one attached hydrogen (secondary N) is 2. The summed E-state index contributed by atoms with van der Waals surface area (Å²) in [4.78, 5) is 14.6. The normalized spacial score (nSPS) is 10.9. The van der Waals surface area contributed by atoms with E-state index < -0.39 is 28.8 Å². The maximum Gasteiger partial charge on any atom is 0.264 e. The van der Waals surface area contributed by atoms with Gasteiger partial charge < -0.3 is 10.3 Å². The summed E-state index contributed by atoms with van der Waals surface area (Å²) in [6.07, 6.45) is 0. The molecule has 0 bridgehead atoms. The number of halogens is 5. The third-order valence-electron chi connectivity index (χ3n) is 4.03. The summed E-state index contributed by atoms with van der Waals surface area (Å²) in [6, 6.07) is 6.49.